The van der Waals surface area contributed by atoms with Crippen LogP contribution in [0.15, 0.2) is 36.4 Å². The minimum absolute atomic E-state index is 0.261. The Labute approximate surface area is 143 Å². The average molecular weight is 343 g/mol. The molecule has 1 aromatic carbocycles. The van der Waals surface area contributed by atoms with Gasteiger partial charge in [-0.15, -0.1) is 0 Å². The number of carboxylic acids is 1. The molecule has 2 fully saturated rings. The molecule has 3 heterocycles. The zero-order valence-corrected chi connectivity index (χ0v) is 13.5. The number of esters is 1. The van der Waals surface area contributed by atoms with Crippen molar-refractivity contribution in [2.45, 2.75) is 18.6 Å². The molecule has 0 aliphatic carbocycles. The molecule has 7 nitrogen and oxygen atoms in total. The number of amides is 1. The van der Waals surface area contributed by atoms with Crippen molar-refractivity contribution in [1.29, 1.82) is 0 Å². The van der Waals surface area contributed by atoms with Crippen molar-refractivity contribution >= 4 is 23.5 Å². The van der Waals surface area contributed by atoms with Crippen LogP contribution in [0, 0.1) is 11.8 Å². The number of benzene rings is 1. The number of carbonyl (C=O) groups is 3. The number of aliphatic carboxylic acids is 1. The van der Waals surface area contributed by atoms with Gasteiger partial charge in [-0.1, -0.05) is 12.2 Å². The number of hydrogen-bond donors (Lipinski definition) is 1. The zero-order chi connectivity index (χ0) is 17.8. The zero-order valence-electron chi connectivity index (χ0n) is 13.5. The van der Waals surface area contributed by atoms with Gasteiger partial charge in [0.2, 0.25) is 5.91 Å². The highest BCUT2D eigenvalue weighted by molar-refractivity contribution is 6.02. The summed E-state index contributed by atoms with van der Waals surface area (Å²) >= 11 is 0. The molecule has 3 aliphatic rings. The van der Waals surface area contributed by atoms with Gasteiger partial charge >= 0.3 is 11.9 Å². The van der Waals surface area contributed by atoms with Crippen LogP contribution in [-0.2, 0) is 19.1 Å². The van der Waals surface area contributed by atoms with Crippen molar-refractivity contribution in [3.8, 4) is 0 Å². The second-order valence-corrected chi connectivity index (χ2v) is 6.43. The van der Waals surface area contributed by atoms with Crippen LogP contribution >= 0.6 is 0 Å². The van der Waals surface area contributed by atoms with E-state index in [1.54, 1.807) is 37.3 Å². The Morgan fingerprint density at radius 3 is 2.72 bits per heavy atom. The maximum absolute atomic E-state index is 12.9. The third-order valence-corrected chi connectivity index (χ3v) is 5.08. The summed E-state index contributed by atoms with van der Waals surface area (Å²) in [5.41, 5.74) is 0.132. The van der Waals surface area contributed by atoms with E-state index in [2.05, 4.69) is 0 Å². The van der Waals surface area contributed by atoms with E-state index < -0.39 is 35.5 Å². The van der Waals surface area contributed by atoms with Crippen LogP contribution < -0.4 is 4.90 Å². The lowest BCUT2D eigenvalue weighted by Crippen LogP contribution is -2.39. The molecular formula is C18H17NO6. The second kappa shape index (κ2) is 5.42. The molecule has 3 aliphatic heterocycles. The van der Waals surface area contributed by atoms with Crippen molar-refractivity contribution in [3.63, 3.8) is 0 Å². The monoisotopic (exact) mass is 343 g/mol. The third kappa shape index (κ3) is 2.19. The fourth-order valence-corrected chi connectivity index (χ4v) is 3.99. The standard InChI is InChI=1S/C18H17NO6/c1-2-24-17(23)10-3-5-11(6-4-10)19-9-18-8-7-12(25-18)13(16(21)22)14(18)15(19)20/h3-8,12-14H,2,9H2,1H3,(H,21,22)/t12-,13+,14+,18+/m0/s1. The Bertz CT molecular complexity index is 785. The summed E-state index contributed by atoms with van der Waals surface area (Å²) in [4.78, 5) is 37.7. The molecule has 2 saturated heterocycles. The number of fused-ring (bicyclic) bond motifs is 1. The van der Waals surface area contributed by atoms with Crippen LogP contribution in [-0.4, -0.2) is 47.8 Å². The van der Waals surface area contributed by atoms with Gasteiger partial charge in [0.1, 0.15) is 11.5 Å². The highest BCUT2D eigenvalue weighted by Gasteiger charge is 2.67. The van der Waals surface area contributed by atoms with E-state index in [0.29, 0.717) is 11.3 Å². The first-order chi connectivity index (χ1) is 12.0. The minimum Gasteiger partial charge on any atom is -0.481 e. The highest BCUT2D eigenvalue weighted by atomic mass is 16.5. The lowest BCUT2D eigenvalue weighted by Gasteiger charge is -2.21. The first kappa shape index (κ1) is 15.8. The highest BCUT2D eigenvalue weighted by Crippen LogP contribution is 2.52. The molecule has 2 bridgehead atoms. The van der Waals surface area contributed by atoms with Gasteiger partial charge in [0, 0.05) is 5.69 Å². The summed E-state index contributed by atoms with van der Waals surface area (Å²) in [5, 5.41) is 9.47. The Morgan fingerprint density at radius 1 is 1.36 bits per heavy atom. The summed E-state index contributed by atoms with van der Waals surface area (Å²) in [6.07, 6.45) is 3.00. The quantitative estimate of drug-likeness (QED) is 0.653. The molecule has 0 aromatic heterocycles. The lowest BCUT2D eigenvalue weighted by atomic mass is 9.77. The van der Waals surface area contributed by atoms with E-state index in [1.165, 1.54) is 4.90 Å². The topological polar surface area (TPSA) is 93.1 Å². The Hall–Kier alpha value is -2.67. The van der Waals surface area contributed by atoms with Crippen LogP contribution in [0.4, 0.5) is 5.69 Å². The van der Waals surface area contributed by atoms with Gasteiger partial charge in [-0.05, 0) is 31.2 Å². The van der Waals surface area contributed by atoms with Crippen molar-refractivity contribution in [1.82, 2.24) is 0 Å². The molecule has 1 amide bonds. The molecule has 25 heavy (non-hydrogen) atoms. The fourth-order valence-electron chi connectivity index (χ4n) is 3.99. The van der Waals surface area contributed by atoms with Crippen molar-refractivity contribution < 1.29 is 29.0 Å². The molecule has 0 saturated carbocycles. The van der Waals surface area contributed by atoms with Gasteiger partial charge in [-0.3, -0.25) is 9.59 Å². The molecule has 1 N–H and O–H groups in total. The number of nitrogens with zero attached hydrogens (tertiary/aromatic N) is 1. The first-order valence-electron chi connectivity index (χ1n) is 8.15. The summed E-state index contributed by atoms with van der Waals surface area (Å²) in [6, 6.07) is 6.51. The second-order valence-electron chi connectivity index (χ2n) is 6.43. The molecule has 0 radical (unpaired) electrons. The average Bonchev–Trinajstić information content (AvgIpc) is 3.23. The maximum atomic E-state index is 12.9. The van der Waals surface area contributed by atoms with Gasteiger partial charge in [0.25, 0.3) is 0 Å². The number of anilines is 1. The van der Waals surface area contributed by atoms with Gasteiger partial charge in [0.05, 0.1) is 30.7 Å². The molecule has 130 valence electrons. The molecular weight excluding hydrogens is 326 g/mol. The largest absolute Gasteiger partial charge is 0.481 e. The smallest absolute Gasteiger partial charge is 0.338 e. The van der Waals surface area contributed by atoms with Gasteiger partial charge < -0.3 is 19.5 Å². The summed E-state index contributed by atoms with van der Waals surface area (Å²) in [5.74, 6) is -3.28. The van der Waals surface area contributed by atoms with Crippen LogP contribution in [0.25, 0.3) is 0 Å². The van der Waals surface area contributed by atoms with E-state index >= 15 is 0 Å². The van der Waals surface area contributed by atoms with Gasteiger partial charge in [-0.2, -0.15) is 0 Å². The third-order valence-electron chi connectivity index (χ3n) is 5.08. The molecule has 4 rings (SSSR count). The van der Waals surface area contributed by atoms with Crippen LogP contribution in [0.1, 0.15) is 17.3 Å². The summed E-state index contributed by atoms with van der Waals surface area (Å²) in [7, 11) is 0. The molecule has 1 spiro atoms. The van der Waals surface area contributed by atoms with Crippen LogP contribution in [0.3, 0.4) is 0 Å². The number of rotatable bonds is 4. The van der Waals surface area contributed by atoms with E-state index in [9.17, 15) is 19.5 Å². The lowest BCUT2D eigenvalue weighted by molar-refractivity contribution is -0.146. The summed E-state index contributed by atoms with van der Waals surface area (Å²) < 4.78 is 10.8. The summed E-state index contributed by atoms with van der Waals surface area (Å²) in [6.45, 7) is 2.29. The predicted octanol–water partition coefficient (Wildman–Crippen LogP) is 1.23. The number of ether oxygens (including phenoxy) is 2. The van der Waals surface area contributed by atoms with E-state index in [1.807, 2.05) is 6.08 Å². The number of carbonyl (C=O) groups excluding carboxylic acids is 2. The normalized spacial score (nSPS) is 32.1. The SMILES string of the molecule is CCOC(=O)c1ccc(N2C[C@@]34C=C[C@H](O3)[C@@H](C(=O)O)[C@@H]4C2=O)cc1. The van der Waals surface area contributed by atoms with Crippen molar-refractivity contribution in [3.05, 3.63) is 42.0 Å². The molecule has 4 atom stereocenters. The van der Waals surface area contributed by atoms with E-state index in [0.717, 1.165) is 0 Å². The van der Waals surface area contributed by atoms with E-state index in [4.69, 9.17) is 9.47 Å². The Balaban J connectivity index is 1.61. The first-order valence-corrected chi connectivity index (χ1v) is 8.15. The van der Waals surface area contributed by atoms with Gasteiger partial charge in [-0.25, -0.2) is 4.79 Å². The Morgan fingerprint density at radius 2 is 2.08 bits per heavy atom. The number of hydrogen-bond acceptors (Lipinski definition) is 5. The van der Waals surface area contributed by atoms with Crippen LogP contribution in [0.5, 0.6) is 0 Å². The van der Waals surface area contributed by atoms with Gasteiger partial charge in [0.15, 0.2) is 0 Å². The minimum atomic E-state index is -1.02. The molecule has 7 heteroatoms. The van der Waals surface area contributed by atoms with E-state index in [-0.39, 0.29) is 19.1 Å². The predicted molar refractivity (Wildman–Crippen MR) is 86.1 cm³/mol. The Kier molecular flexibility index (Phi) is 3.43. The molecule has 1 aromatic rings. The maximum Gasteiger partial charge on any atom is 0.338 e. The fraction of sp³-hybridized carbons (Fsp3) is 0.389. The number of carboxylic acid groups (broad SMARTS) is 1. The van der Waals surface area contributed by atoms with Crippen molar-refractivity contribution in [2.24, 2.45) is 11.8 Å². The van der Waals surface area contributed by atoms with Crippen LogP contribution in [0.2, 0.25) is 0 Å². The van der Waals surface area contributed by atoms with Crippen molar-refractivity contribution in [2.75, 3.05) is 18.1 Å². The molecule has 0 unspecified atom stereocenters.